The second kappa shape index (κ2) is 22.9. The number of aliphatic hydroxyl groups excluding tert-OH is 2. The summed E-state index contributed by atoms with van der Waals surface area (Å²) < 4.78 is 15.9. The van der Waals surface area contributed by atoms with E-state index >= 15 is 0 Å². The molecule has 156 valence electrons. The predicted molar refractivity (Wildman–Crippen MR) is 108 cm³/mol. The second-order valence-corrected chi connectivity index (χ2v) is 6.94. The lowest BCUT2D eigenvalue weighted by molar-refractivity contribution is 0.0642. The molecular weight excluding hydrogens is 331 g/mol. The van der Waals surface area contributed by atoms with Gasteiger partial charge in [-0.05, 0) is 6.42 Å². The van der Waals surface area contributed by atoms with Gasteiger partial charge in [-0.1, -0.05) is 90.4 Å². The molecule has 0 aromatic heterocycles. The van der Waals surface area contributed by atoms with E-state index in [9.17, 15) is 0 Å². The fraction of sp³-hybridized carbons (Fsp3) is 1.00. The van der Waals surface area contributed by atoms with Crippen molar-refractivity contribution in [1.29, 1.82) is 0 Å². The van der Waals surface area contributed by atoms with E-state index in [0.29, 0.717) is 6.61 Å². The van der Waals surface area contributed by atoms with Crippen molar-refractivity contribution >= 4 is 7.32 Å². The van der Waals surface area contributed by atoms with Gasteiger partial charge in [-0.15, -0.1) is 0 Å². The second-order valence-electron chi connectivity index (χ2n) is 6.94. The van der Waals surface area contributed by atoms with E-state index < -0.39 is 7.32 Å². The van der Waals surface area contributed by atoms with Gasteiger partial charge in [-0.3, -0.25) is 0 Å². The lowest BCUT2D eigenvalue weighted by Crippen LogP contribution is -2.30. The molecule has 0 radical (unpaired) electrons. The first-order chi connectivity index (χ1) is 12.8. The summed E-state index contributed by atoms with van der Waals surface area (Å²) in [7, 11) is -0.781. The summed E-state index contributed by atoms with van der Waals surface area (Å²) in [5.41, 5.74) is 0. The zero-order chi connectivity index (χ0) is 19.1. The summed E-state index contributed by atoms with van der Waals surface area (Å²) in [6.07, 6.45) is 18.6. The molecule has 0 rings (SSSR count). The number of unbranched alkanes of at least 4 members (excludes halogenated alkanes) is 13. The molecule has 0 spiro atoms. The first kappa shape index (κ1) is 25.9. The van der Waals surface area contributed by atoms with Crippen LogP contribution in [0.15, 0.2) is 0 Å². The maximum Gasteiger partial charge on any atom is 0.639 e. The van der Waals surface area contributed by atoms with Crippen molar-refractivity contribution in [2.24, 2.45) is 0 Å². The molecule has 0 atom stereocenters. The van der Waals surface area contributed by atoms with Gasteiger partial charge in [0, 0.05) is 6.61 Å². The largest absolute Gasteiger partial charge is 0.639 e. The van der Waals surface area contributed by atoms with Gasteiger partial charge < -0.3 is 24.2 Å². The molecular formula is C20H43BO5. The van der Waals surface area contributed by atoms with Gasteiger partial charge >= 0.3 is 7.32 Å². The van der Waals surface area contributed by atoms with Crippen molar-refractivity contribution in [1.82, 2.24) is 0 Å². The van der Waals surface area contributed by atoms with Gasteiger partial charge in [0.05, 0.1) is 26.4 Å². The van der Waals surface area contributed by atoms with E-state index in [1.807, 2.05) is 0 Å². The van der Waals surface area contributed by atoms with Crippen LogP contribution in [0, 0.1) is 0 Å². The molecule has 0 fully saturated rings. The quantitative estimate of drug-likeness (QED) is 0.216. The molecule has 0 bridgehead atoms. The topological polar surface area (TPSA) is 68.2 Å². The van der Waals surface area contributed by atoms with E-state index in [1.165, 1.54) is 77.0 Å². The van der Waals surface area contributed by atoms with E-state index in [-0.39, 0.29) is 26.4 Å². The van der Waals surface area contributed by atoms with Crippen LogP contribution in [0.4, 0.5) is 0 Å². The van der Waals surface area contributed by atoms with Crippen molar-refractivity contribution in [2.75, 3.05) is 33.0 Å². The van der Waals surface area contributed by atoms with Crippen molar-refractivity contribution in [2.45, 2.75) is 96.8 Å². The van der Waals surface area contributed by atoms with Crippen molar-refractivity contribution in [3.8, 4) is 0 Å². The average molecular weight is 374 g/mol. The van der Waals surface area contributed by atoms with E-state index in [4.69, 9.17) is 24.2 Å². The average Bonchev–Trinajstić information content (AvgIpc) is 2.66. The van der Waals surface area contributed by atoms with Gasteiger partial charge in [-0.25, -0.2) is 0 Å². The Morgan fingerprint density at radius 2 is 0.846 bits per heavy atom. The Labute approximate surface area is 162 Å². The molecule has 0 aromatic rings. The van der Waals surface area contributed by atoms with Gasteiger partial charge in [-0.2, -0.15) is 0 Å². The molecule has 0 aliphatic rings. The highest BCUT2D eigenvalue weighted by Gasteiger charge is 2.20. The first-order valence-electron chi connectivity index (χ1n) is 10.9. The third kappa shape index (κ3) is 20.2. The van der Waals surface area contributed by atoms with Crippen LogP contribution in [-0.2, 0) is 14.0 Å². The van der Waals surface area contributed by atoms with Gasteiger partial charge in [0.15, 0.2) is 0 Å². The number of hydrogen-bond donors (Lipinski definition) is 2. The maximum atomic E-state index is 8.76. The molecule has 0 saturated carbocycles. The molecule has 6 heteroatoms. The van der Waals surface area contributed by atoms with Crippen LogP contribution in [0.25, 0.3) is 0 Å². The van der Waals surface area contributed by atoms with Gasteiger partial charge in [0.2, 0.25) is 0 Å². The Morgan fingerprint density at radius 1 is 0.500 bits per heavy atom. The van der Waals surface area contributed by atoms with Crippen LogP contribution in [0.3, 0.4) is 0 Å². The SMILES string of the molecule is CCCCCCCCCCCCCCCCOB(OCCO)OCCO. The molecule has 0 amide bonds. The molecule has 0 aromatic carbocycles. The lowest BCUT2D eigenvalue weighted by atomic mass is 10.0. The maximum absolute atomic E-state index is 8.76. The smallest absolute Gasteiger partial charge is 0.394 e. The van der Waals surface area contributed by atoms with Crippen LogP contribution in [0.1, 0.15) is 96.8 Å². The standard InChI is InChI=1S/C20H43BO5/c1-2-3-4-5-6-7-8-9-10-11-12-13-14-15-18-24-21(25-19-16-22)26-20-17-23/h22-23H,2-20H2,1H3. The fourth-order valence-electron chi connectivity index (χ4n) is 2.92. The summed E-state index contributed by atoms with van der Waals surface area (Å²) in [6, 6.07) is 0. The summed E-state index contributed by atoms with van der Waals surface area (Å²) >= 11 is 0. The summed E-state index contributed by atoms with van der Waals surface area (Å²) in [5, 5.41) is 17.5. The van der Waals surface area contributed by atoms with Crippen molar-refractivity contribution in [3.63, 3.8) is 0 Å². The van der Waals surface area contributed by atoms with Crippen LogP contribution >= 0.6 is 0 Å². The predicted octanol–water partition coefficient (Wildman–Crippen LogP) is 4.49. The van der Waals surface area contributed by atoms with E-state index in [1.54, 1.807) is 0 Å². The number of rotatable bonds is 22. The molecule has 0 unspecified atom stereocenters. The first-order valence-corrected chi connectivity index (χ1v) is 10.9. The van der Waals surface area contributed by atoms with Gasteiger partial charge in [0.25, 0.3) is 0 Å². The van der Waals surface area contributed by atoms with Crippen LogP contribution in [0.2, 0.25) is 0 Å². The van der Waals surface area contributed by atoms with Crippen LogP contribution in [-0.4, -0.2) is 50.6 Å². The van der Waals surface area contributed by atoms with Crippen molar-refractivity contribution < 1.29 is 24.2 Å². The third-order valence-electron chi connectivity index (χ3n) is 4.44. The molecule has 0 aliphatic carbocycles. The minimum Gasteiger partial charge on any atom is -0.394 e. The molecule has 26 heavy (non-hydrogen) atoms. The Balaban J connectivity index is 3.26. The number of hydrogen-bond acceptors (Lipinski definition) is 5. The Morgan fingerprint density at radius 3 is 1.23 bits per heavy atom. The molecule has 2 N–H and O–H groups in total. The lowest BCUT2D eigenvalue weighted by Gasteiger charge is -2.13. The molecule has 0 aliphatic heterocycles. The van der Waals surface area contributed by atoms with E-state index in [2.05, 4.69) is 6.92 Å². The summed E-state index contributed by atoms with van der Waals surface area (Å²) in [5.74, 6) is 0. The Hall–Kier alpha value is -0.135. The minimum atomic E-state index is -0.781. The molecule has 0 heterocycles. The fourth-order valence-corrected chi connectivity index (χ4v) is 2.92. The molecule has 5 nitrogen and oxygen atoms in total. The summed E-state index contributed by atoms with van der Waals surface area (Å²) in [6.45, 7) is 3.07. The Kier molecular flexibility index (Phi) is 22.8. The molecule has 0 saturated heterocycles. The minimum absolute atomic E-state index is 0.0683. The highest BCUT2D eigenvalue weighted by atomic mass is 16.7. The number of aliphatic hydroxyl groups is 2. The van der Waals surface area contributed by atoms with Crippen LogP contribution < -0.4 is 0 Å². The zero-order valence-electron chi connectivity index (χ0n) is 17.1. The zero-order valence-corrected chi connectivity index (χ0v) is 17.1. The van der Waals surface area contributed by atoms with Gasteiger partial charge in [0.1, 0.15) is 0 Å². The third-order valence-corrected chi connectivity index (χ3v) is 4.44. The highest BCUT2D eigenvalue weighted by molar-refractivity contribution is 6.36. The monoisotopic (exact) mass is 374 g/mol. The Bertz CT molecular complexity index is 248. The van der Waals surface area contributed by atoms with Crippen molar-refractivity contribution in [3.05, 3.63) is 0 Å². The summed E-state index contributed by atoms with van der Waals surface area (Å²) in [4.78, 5) is 0. The highest BCUT2D eigenvalue weighted by Crippen LogP contribution is 2.13. The van der Waals surface area contributed by atoms with E-state index in [0.717, 1.165) is 12.8 Å². The van der Waals surface area contributed by atoms with Crippen LogP contribution in [0.5, 0.6) is 0 Å². The normalized spacial score (nSPS) is 11.2.